The standard InChI is InChI=1S/C10H13N5.C6H10O6S/c1-6(2)3-4-7-14-9(11)8-10(15-7)13-5-12-8;7-1-2(8)4(13)6(11)12-3(1)5(9)10/h5H,1,3-4H2,2H3,(H3,11,12,13,14,15);1-4,6-8,11,13H,(H,9,10)/t;1-,2-,3-,4+,6?/m.0/s1. The molecule has 154 valence electrons. The Balaban J connectivity index is 0.000000203. The molecular weight excluding hydrogens is 390 g/mol. The van der Waals surface area contributed by atoms with E-state index in [0.717, 1.165) is 24.2 Å². The van der Waals surface area contributed by atoms with E-state index >= 15 is 0 Å². The summed E-state index contributed by atoms with van der Waals surface area (Å²) in [6, 6.07) is 0. The number of aliphatic hydroxyl groups excluding tert-OH is 3. The Morgan fingerprint density at radius 2 is 2.04 bits per heavy atom. The molecular formula is C16H23N5O6S. The van der Waals surface area contributed by atoms with Gasteiger partial charge in [0.25, 0.3) is 0 Å². The molecule has 0 aromatic carbocycles. The Kier molecular flexibility index (Phi) is 7.32. The molecule has 12 heteroatoms. The molecule has 1 unspecified atom stereocenters. The van der Waals surface area contributed by atoms with E-state index in [-0.39, 0.29) is 0 Å². The van der Waals surface area contributed by atoms with Gasteiger partial charge in [-0.05, 0) is 13.3 Å². The minimum absolute atomic E-state index is 0.522. The Bertz CT molecular complexity index is 802. The molecule has 1 fully saturated rings. The van der Waals surface area contributed by atoms with Crippen molar-refractivity contribution in [3.8, 4) is 11.5 Å². The fraction of sp³-hybridized carbons (Fsp3) is 0.500. The van der Waals surface area contributed by atoms with Crippen LogP contribution in [0.1, 0.15) is 19.2 Å². The highest BCUT2D eigenvalue weighted by molar-refractivity contribution is 7.81. The molecule has 0 aromatic heterocycles. The SMILES string of the molecule is C=C(C)CCc1nc2ncnc-2c(N)[nH]1.O=C(O)[C@H]1OC(O)[C@H](S)[C@@H](O)[C@@H]1O. The van der Waals surface area contributed by atoms with E-state index in [9.17, 15) is 15.0 Å². The fourth-order valence-electron chi connectivity index (χ4n) is 2.42. The van der Waals surface area contributed by atoms with Crippen LogP contribution in [-0.4, -0.2) is 76.2 Å². The zero-order chi connectivity index (χ0) is 21.0. The average molecular weight is 413 g/mol. The lowest BCUT2D eigenvalue weighted by molar-refractivity contribution is -0.232. The van der Waals surface area contributed by atoms with E-state index in [1.807, 2.05) is 6.92 Å². The van der Waals surface area contributed by atoms with Crippen LogP contribution in [0.2, 0.25) is 0 Å². The first-order valence-corrected chi connectivity index (χ1v) is 8.83. The maximum atomic E-state index is 10.4. The van der Waals surface area contributed by atoms with Gasteiger partial charge in [0.05, 0.1) is 11.4 Å². The second kappa shape index (κ2) is 9.30. The van der Waals surface area contributed by atoms with E-state index in [4.69, 9.17) is 15.9 Å². The molecule has 1 saturated heterocycles. The number of nitrogens with zero attached hydrogens (tertiary/aromatic N) is 3. The number of anilines is 1. The van der Waals surface area contributed by atoms with E-state index < -0.39 is 35.8 Å². The lowest BCUT2D eigenvalue weighted by Crippen LogP contribution is -2.57. The van der Waals surface area contributed by atoms with Gasteiger partial charge in [-0.15, -0.1) is 6.58 Å². The number of thiol groups is 1. The third kappa shape index (κ3) is 5.17. The van der Waals surface area contributed by atoms with Crippen molar-refractivity contribution in [2.45, 2.75) is 49.6 Å². The number of aliphatic hydroxyl groups is 3. The van der Waals surface area contributed by atoms with Gasteiger partial charge < -0.3 is 35.9 Å². The molecule has 3 heterocycles. The van der Waals surface area contributed by atoms with E-state index in [1.165, 1.54) is 6.33 Å². The molecule has 0 spiro atoms. The van der Waals surface area contributed by atoms with Crippen LogP contribution >= 0.6 is 12.6 Å². The maximum absolute atomic E-state index is 10.4. The van der Waals surface area contributed by atoms with Crippen LogP contribution in [0, 0.1) is 0 Å². The van der Waals surface area contributed by atoms with Crippen LogP contribution in [-0.2, 0) is 16.0 Å². The van der Waals surface area contributed by atoms with Crippen molar-refractivity contribution in [1.82, 2.24) is 19.9 Å². The molecule has 7 N–H and O–H groups in total. The predicted octanol–water partition coefficient (Wildman–Crippen LogP) is -0.796. The molecule has 11 nitrogen and oxygen atoms in total. The highest BCUT2D eigenvalue weighted by atomic mass is 32.1. The highest BCUT2D eigenvalue weighted by Crippen LogP contribution is 2.23. The molecule has 0 radical (unpaired) electrons. The number of carboxylic acid groups (broad SMARTS) is 1. The first-order chi connectivity index (χ1) is 13.1. The number of carbonyl (C=O) groups is 1. The summed E-state index contributed by atoms with van der Waals surface area (Å²) in [5, 5.41) is 34.9. The van der Waals surface area contributed by atoms with E-state index in [0.29, 0.717) is 17.3 Å². The number of hydrogen-bond acceptors (Lipinski definition) is 10. The van der Waals surface area contributed by atoms with Crippen LogP contribution < -0.4 is 5.73 Å². The van der Waals surface area contributed by atoms with Gasteiger partial charge in [0.2, 0.25) is 0 Å². The van der Waals surface area contributed by atoms with Gasteiger partial charge in [-0.2, -0.15) is 12.6 Å². The predicted molar refractivity (Wildman–Crippen MR) is 102 cm³/mol. The molecule has 0 aromatic rings. The van der Waals surface area contributed by atoms with Gasteiger partial charge in [0, 0.05) is 6.42 Å². The first kappa shape index (κ1) is 22.0. The zero-order valence-corrected chi connectivity index (χ0v) is 16.0. The number of hydrogen-bond donors (Lipinski definition) is 7. The van der Waals surface area contributed by atoms with Gasteiger partial charge in [-0.25, -0.2) is 19.7 Å². The fourth-order valence-corrected chi connectivity index (χ4v) is 2.66. The van der Waals surface area contributed by atoms with Crippen molar-refractivity contribution in [1.29, 1.82) is 0 Å². The number of nitrogens with one attached hydrogen (secondary N) is 1. The number of aromatic amines is 1. The van der Waals surface area contributed by atoms with Crippen molar-refractivity contribution in [2.24, 2.45) is 0 Å². The maximum Gasteiger partial charge on any atom is 0.335 e. The van der Waals surface area contributed by atoms with Crippen LogP contribution in [0.15, 0.2) is 18.5 Å². The molecule has 0 saturated carbocycles. The molecule has 0 aliphatic carbocycles. The van der Waals surface area contributed by atoms with Crippen molar-refractivity contribution in [2.75, 3.05) is 5.73 Å². The summed E-state index contributed by atoms with van der Waals surface area (Å²) in [6.45, 7) is 5.83. The Morgan fingerprint density at radius 1 is 1.36 bits per heavy atom. The number of aliphatic carboxylic acids is 1. The Morgan fingerprint density at radius 3 is 2.64 bits per heavy atom. The summed E-state index contributed by atoms with van der Waals surface area (Å²) in [5.41, 5.74) is 7.54. The number of carboxylic acids is 1. The molecule has 5 atom stereocenters. The minimum Gasteiger partial charge on any atom is -0.479 e. The van der Waals surface area contributed by atoms with Crippen LogP contribution in [0.5, 0.6) is 0 Å². The summed E-state index contributed by atoms with van der Waals surface area (Å²) in [6.07, 6.45) is -2.97. The normalized spacial score (nSPS) is 27.1. The van der Waals surface area contributed by atoms with Crippen LogP contribution in [0.4, 0.5) is 5.82 Å². The summed E-state index contributed by atoms with van der Waals surface area (Å²) in [4.78, 5) is 25.8. The molecule has 3 aliphatic heterocycles. The van der Waals surface area contributed by atoms with Gasteiger partial charge in [-0.1, -0.05) is 5.57 Å². The van der Waals surface area contributed by atoms with Crippen molar-refractivity contribution < 1.29 is 30.0 Å². The van der Waals surface area contributed by atoms with Crippen LogP contribution in [0.3, 0.4) is 0 Å². The number of imidazole rings is 1. The lowest BCUT2D eigenvalue weighted by Gasteiger charge is -2.36. The summed E-state index contributed by atoms with van der Waals surface area (Å²) in [5.74, 6) is 0.506. The molecule has 0 bridgehead atoms. The number of allylic oxidation sites excluding steroid dienone is 1. The number of nitrogens with two attached hydrogens (primary N) is 1. The van der Waals surface area contributed by atoms with Crippen molar-refractivity contribution >= 4 is 24.4 Å². The Labute approximate surface area is 166 Å². The second-order valence-electron chi connectivity index (χ2n) is 6.36. The molecule has 3 rings (SSSR count). The average Bonchev–Trinajstić information content (AvgIpc) is 3.11. The largest absolute Gasteiger partial charge is 0.479 e. The van der Waals surface area contributed by atoms with Gasteiger partial charge >= 0.3 is 5.97 Å². The third-order valence-corrected chi connectivity index (χ3v) is 4.53. The van der Waals surface area contributed by atoms with Crippen molar-refractivity contribution in [3.05, 3.63) is 24.3 Å². The van der Waals surface area contributed by atoms with Crippen molar-refractivity contribution in [3.63, 3.8) is 0 Å². The molecule has 0 amide bonds. The van der Waals surface area contributed by atoms with Crippen LogP contribution in [0.25, 0.3) is 11.5 Å². The van der Waals surface area contributed by atoms with Gasteiger partial charge in [0.15, 0.2) is 18.2 Å². The summed E-state index contributed by atoms with van der Waals surface area (Å²) < 4.78 is 4.51. The smallest absolute Gasteiger partial charge is 0.335 e. The highest BCUT2D eigenvalue weighted by Gasteiger charge is 2.45. The zero-order valence-electron chi connectivity index (χ0n) is 15.1. The van der Waals surface area contributed by atoms with Gasteiger partial charge in [-0.3, -0.25) is 0 Å². The number of nitrogen functional groups attached to an aromatic ring is 1. The molecule has 28 heavy (non-hydrogen) atoms. The monoisotopic (exact) mass is 413 g/mol. The minimum atomic E-state index is -1.62. The lowest BCUT2D eigenvalue weighted by atomic mass is 10.0. The first-order valence-electron chi connectivity index (χ1n) is 8.31. The Hall–Kier alpha value is -2.25. The number of aromatic nitrogens is 4. The number of fused-ring (bicyclic) bond motifs is 1. The topological polar surface area (TPSA) is 188 Å². The van der Waals surface area contributed by atoms with E-state index in [1.54, 1.807) is 0 Å². The third-order valence-electron chi connectivity index (χ3n) is 3.97. The number of ether oxygens (including phenoxy) is 1. The number of aryl methyl sites for hydroxylation is 1. The number of rotatable bonds is 4. The van der Waals surface area contributed by atoms with E-state index in [2.05, 4.69) is 43.9 Å². The van der Waals surface area contributed by atoms with Gasteiger partial charge in [0.1, 0.15) is 29.8 Å². The second-order valence-corrected chi connectivity index (χ2v) is 6.95. The quantitative estimate of drug-likeness (QED) is 0.247. The number of H-pyrrole nitrogens is 1. The molecule has 3 aliphatic rings. The summed E-state index contributed by atoms with van der Waals surface area (Å²) in [7, 11) is 0. The summed E-state index contributed by atoms with van der Waals surface area (Å²) >= 11 is 3.74.